The Labute approximate surface area is 75.0 Å². The predicted octanol–water partition coefficient (Wildman–Crippen LogP) is 2.15. The number of unbranched alkanes of at least 4 members (excludes halogenated alkanes) is 2. The van der Waals surface area contributed by atoms with Crippen LogP contribution in [0, 0.1) is 5.92 Å². The average molecular weight is 172 g/mol. The third kappa shape index (κ3) is 4.50. The first-order chi connectivity index (χ1) is 5.59. The van der Waals surface area contributed by atoms with E-state index in [1.54, 1.807) is 6.92 Å². The molecule has 0 aliphatic rings. The zero-order chi connectivity index (χ0) is 9.56. The molecule has 0 aromatic carbocycles. The Morgan fingerprint density at radius 2 is 2.00 bits per heavy atom. The van der Waals surface area contributed by atoms with Gasteiger partial charge in [0.1, 0.15) is 5.78 Å². The average Bonchev–Trinajstić information content (AvgIpc) is 2.03. The van der Waals surface area contributed by atoms with Gasteiger partial charge in [0.25, 0.3) is 0 Å². The van der Waals surface area contributed by atoms with Crippen LogP contribution in [-0.2, 0) is 4.79 Å². The van der Waals surface area contributed by atoms with Gasteiger partial charge in [0.2, 0.25) is 0 Å². The van der Waals surface area contributed by atoms with E-state index in [0.29, 0.717) is 0 Å². The summed E-state index contributed by atoms with van der Waals surface area (Å²) in [7, 11) is 0. The van der Waals surface area contributed by atoms with Crippen molar-refractivity contribution < 1.29 is 9.90 Å². The molecule has 0 aromatic rings. The van der Waals surface area contributed by atoms with Crippen LogP contribution in [0.15, 0.2) is 0 Å². The van der Waals surface area contributed by atoms with Crippen LogP contribution in [-0.4, -0.2) is 17.0 Å². The molecule has 0 fully saturated rings. The monoisotopic (exact) mass is 172 g/mol. The number of carbonyl (C=O) groups is 1. The summed E-state index contributed by atoms with van der Waals surface area (Å²) in [6.45, 7) is 5.45. The van der Waals surface area contributed by atoms with E-state index >= 15 is 0 Å². The van der Waals surface area contributed by atoms with E-state index in [1.807, 2.05) is 0 Å². The van der Waals surface area contributed by atoms with Gasteiger partial charge in [0.05, 0.1) is 6.10 Å². The standard InChI is InChI=1S/C10H20O2/c1-4-5-6-7-10(12)8(2)9(3)11/h8,10,12H,4-7H2,1-3H3/t8-,10-/m0/s1. The van der Waals surface area contributed by atoms with Gasteiger partial charge in [-0.15, -0.1) is 0 Å². The number of Topliss-reactive ketones (excluding diaryl/α,β-unsaturated/α-hetero) is 1. The number of rotatable bonds is 6. The molecule has 0 radical (unpaired) electrons. The molecule has 2 atom stereocenters. The Bertz CT molecular complexity index is 132. The molecular weight excluding hydrogens is 152 g/mol. The summed E-state index contributed by atoms with van der Waals surface area (Å²) in [4.78, 5) is 10.9. The molecule has 12 heavy (non-hydrogen) atoms. The second-order valence-corrected chi connectivity index (χ2v) is 3.46. The molecule has 0 aliphatic heterocycles. The van der Waals surface area contributed by atoms with Gasteiger partial charge < -0.3 is 5.11 Å². The summed E-state index contributed by atoms with van der Waals surface area (Å²) in [5.74, 6) is -0.110. The van der Waals surface area contributed by atoms with Crippen LogP contribution in [0.2, 0.25) is 0 Å². The molecule has 0 saturated carbocycles. The van der Waals surface area contributed by atoms with Crippen molar-refractivity contribution in [1.29, 1.82) is 0 Å². The highest BCUT2D eigenvalue weighted by Crippen LogP contribution is 2.12. The highest BCUT2D eigenvalue weighted by atomic mass is 16.3. The second-order valence-electron chi connectivity index (χ2n) is 3.46. The minimum absolute atomic E-state index is 0.0824. The van der Waals surface area contributed by atoms with Gasteiger partial charge >= 0.3 is 0 Å². The van der Waals surface area contributed by atoms with Crippen LogP contribution < -0.4 is 0 Å². The predicted molar refractivity (Wildman–Crippen MR) is 50.0 cm³/mol. The lowest BCUT2D eigenvalue weighted by Crippen LogP contribution is -2.23. The van der Waals surface area contributed by atoms with Gasteiger partial charge in [-0.05, 0) is 13.3 Å². The van der Waals surface area contributed by atoms with Crippen molar-refractivity contribution in [3.05, 3.63) is 0 Å². The molecule has 1 N–H and O–H groups in total. The molecular formula is C10H20O2. The SMILES string of the molecule is CCCCC[C@H](O)[C@@H](C)C(C)=O. The fraction of sp³-hybridized carbons (Fsp3) is 0.900. The molecule has 2 nitrogen and oxygen atoms in total. The normalized spacial score (nSPS) is 15.7. The Balaban J connectivity index is 3.56. The van der Waals surface area contributed by atoms with Crippen LogP contribution in [0.25, 0.3) is 0 Å². The van der Waals surface area contributed by atoms with Gasteiger partial charge in [0.15, 0.2) is 0 Å². The summed E-state index contributed by atoms with van der Waals surface area (Å²) < 4.78 is 0. The molecule has 0 aromatic heterocycles. The van der Waals surface area contributed by atoms with Crippen molar-refractivity contribution in [1.82, 2.24) is 0 Å². The molecule has 0 amide bonds. The number of ketones is 1. The summed E-state index contributed by atoms with van der Waals surface area (Å²) >= 11 is 0. The molecule has 2 heteroatoms. The zero-order valence-corrected chi connectivity index (χ0v) is 8.34. The van der Waals surface area contributed by atoms with E-state index in [9.17, 15) is 9.90 Å². The van der Waals surface area contributed by atoms with E-state index in [1.165, 1.54) is 6.92 Å². The van der Waals surface area contributed by atoms with Crippen LogP contribution >= 0.6 is 0 Å². The Hall–Kier alpha value is -0.370. The first-order valence-corrected chi connectivity index (χ1v) is 4.78. The number of carbonyl (C=O) groups excluding carboxylic acids is 1. The minimum Gasteiger partial charge on any atom is -0.392 e. The largest absolute Gasteiger partial charge is 0.392 e. The van der Waals surface area contributed by atoms with Crippen LogP contribution in [0.3, 0.4) is 0 Å². The van der Waals surface area contributed by atoms with Gasteiger partial charge in [-0.3, -0.25) is 4.79 Å². The molecule has 0 rings (SSSR count). The second kappa shape index (κ2) is 6.18. The molecule has 72 valence electrons. The highest BCUT2D eigenvalue weighted by molar-refractivity contribution is 5.78. The first-order valence-electron chi connectivity index (χ1n) is 4.78. The Morgan fingerprint density at radius 1 is 1.42 bits per heavy atom. The lowest BCUT2D eigenvalue weighted by Gasteiger charge is -2.15. The molecule has 0 bridgehead atoms. The quantitative estimate of drug-likeness (QED) is 0.623. The van der Waals surface area contributed by atoms with E-state index in [-0.39, 0.29) is 11.7 Å². The van der Waals surface area contributed by atoms with Gasteiger partial charge in [-0.1, -0.05) is 33.1 Å². The van der Waals surface area contributed by atoms with E-state index in [4.69, 9.17) is 0 Å². The van der Waals surface area contributed by atoms with Crippen molar-refractivity contribution in [2.45, 2.75) is 52.6 Å². The van der Waals surface area contributed by atoms with E-state index < -0.39 is 6.10 Å². The summed E-state index contributed by atoms with van der Waals surface area (Å²) in [5.41, 5.74) is 0. The van der Waals surface area contributed by atoms with E-state index in [0.717, 1.165) is 25.7 Å². The minimum atomic E-state index is -0.436. The van der Waals surface area contributed by atoms with Crippen LogP contribution in [0.5, 0.6) is 0 Å². The summed E-state index contributed by atoms with van der Waals surface area (Å²) in [6.07, 6.45) is 3.64. The van der Waals surface area contributed by atoms with Crippen molar-refractivity contribution >= 4 is 5.78 Å². The third-order valence-electron chi connectivity index (χ3n) is 2.32. The molecule has 0 heterocycles. The molecule has 0 saturated heterocycles. The van der Waals surface area contributed by atoms with Gasteiger partial charge in [-0.2, -0.15) is 0 Å². The van der Waals surface area contributed by atoms with Gasteiger partial charge in [-0.25, -0.2) is 0 Å². The Morgan fingerprint density at radius 3 is 2.42 bits per heavy atom. The van der Waals surface area contributed by atoms with Crippen LogP contribution in [0.4, 0.5) is 0 Å². The fourth-order valence-corrected chi connectivity index (χ4v) is 1.12. The highest BCUT2D eigenvalue weighted by Gasteiger charge is 2.17. The van der Waals surface area contributed by atoms with Crippen molar-refractivity contribution in [2.24, 2.45) is 5.92 Å². The molecule has 0 spiro atoms. The topological polar surface area (TPSA) is 37.3 Å². The van der Waals surface area contributed by atoms with Gasteiger partial charge in [0, 0.05) is 5.92 Å². The maximum atomic E-state index is 10.9. The zero-order valence-electron chi connectivity index (χ0n) is 8.34. The lowest BCUT2D eigenvalue weighted by atomic mass is 9.96. The first kappa shape index (κ1) is 11.6. The van der Waals surface area contributed by atoms with Crippen molar-refractivity contribution in [2.75, 3.05) is 0 Å². The lowest BCUT2D eigenvalue weighted by molar-refractivity contribution is -0.123. The summed E-state index contributed by atoms with van der Waals surface area (Å²) in [6, 6.07) is 0. The number of hydrogen-bond donors (Lipinski definition) is 1. The van der Waals surface area contributed by atoms with Crippen LogP contribution in [0.1, 0.15) is 46.5 Å². The third-order valence-corrected chi connectivity index (χ3v) is 2.32. The maximum absolute atomic E-state index is 10.9. The van der Waals surface area contributed by atoms with E-state index in [2.05, 4.69) is 6.92 Å². The summed E-state index contributed by atoms with van der Waals surface area (Å²) in [5, 5.41) is 9.49. The molecule has 0 unspecified atom stereocenters. The maximum Gasteiger partial charge on any atom is 0.135 e. The number of aliphatic hydroxyl groups is 1. The van der Waals surface area contributed by atoms with Crippen molar-refractivity contribution in [3.8, 4) is 0 Å². The van der Waals surface area contributed by atoms with Crippen molar-refractivity contribution in [3.63, 3.8) is 0 Å². The fourth-order valence-electron chi connectivity index (χ4n) is 1.12. The number of hydrogen-bond acceptors (Lipinski definition) is 2. The Kier molecular flexibility index (Phi) is 5.99. The number of aliphatic hydroxyl groups excluding tert-OH is 1. The molecule has 0 aliphatic carbocycles. The smallest absolute Gasteiger partial charge is 0.135 e.